The highest BCUT2D eigenvalue weighted by Crippen LogP contribution is 2.34. The molecular weight excluding hydrogens is 322 g/mol. The molecule has 2 aromatic rings. The Hall–Kier alpha value is -1.50. The van der Waals surface area contributed by atoms with Crippen LogP contribution in [0.25, 0.3) is 10.8 Å². The fraction of sp³-hybridized carbons (Fsp3) is 0.500. The molecule has 4 atom stereocenters. The van der Waals surface area contributed by atoms with Crippen LogP contribution in [0.4, 0.5) is 0 Å². The molecule has 3 rings (SSSR count). The van der Waals surface area contributed by atoms with Gasteiger partial charge in [-0.1, -0.05) is 19.1 Å². The molecule has 2 N–H and O–H groups in total. The molecule has 1 aliphatic rings. The Labute approximate surface area is 143 Å². The number of rotatable bonds is 3. The number of piperidine rings is 1. The summed E-state index contributed by atoms with van der Waals surface area (Å²) in [6, 6.07) is 7.14. The van der Waals surface area contributed by atoms with Crippen LogP contribution in [0.15, 0.2) is 41.6 Å². The highest BCUT2D eigenvalue weighted by molar-refractivity contribution is 7.89. The van der Waals surface area contributed by atoms with Gasteiger partial charge in [0.2, 0.25) is 10.0 Å². The molecule has 1 aromatic carbocycles. The van der Waals surface area contributed by atoms with Gasteiger partial charge >= 0.3 is 0 Å². The molecule has 6 heteroatoms. The van der Waals surface area contributed by atoms with Crippen LogP contribution < -0.4 is 5.73 Å². The molecule has 0 saturated carbocycles. The van der Waals surface area contributed by atoms with Gasteiger partial charge in [0.1, 0.15) is 0 Å². The van der Waals surface area contributed by atoms with Gasteiger partial charge in [0.25, 0.3) is 0 Å². The summed E-state index contributed by atoms with van der Waals surface area (Å²) in [4.78, 5) is 4.44. The van der Waals surface area contributed by atoms with Crippen LogP contribution in [0.5, 0.6) is 0 Å². The summed E-state index contributed by atoms with van der Waals surface area (Å²) in [6.07, 6.45) is 4.13. The van der Waals surface area contributed by atoms with Gasteiger partial charge in [-0.15, -0.1) is 0 Å². The molecule has 4 unspecified atom stereocenters. The fourth-order valence-electron chi connectivity index (χ4n) is 3.85. The van der Waals surface area contributed by atoms with Crippen LogP contribution in [-0.4, -0.2) is 36.3 Å². The molecule has 0 aliphatic carbocycles. The number of nitrogens with two attached hydrogens (primary N) is 1. The third kappa shape index (κ3) is 2.94. The van der Waals surface area contributed by atoms with E-state index in [1.54, 1.807) is 34.9 Å². The first kappa shape index (κ1) is 17.3. The Kier molecular flexibility index (Phi) is 4.64. The number of pyridine rings is 1. The number of sulfonamides is 1. The Morgan fingerprint density at radius 1 is 1.29 bits per heavy atom. The molecule has 24 heavy (non-hydrogen) atoms. The van der Waals surface area contributed by atoms with Crippen LogP contribution in [0.2, 0.25) is 0 Å². The topological polar surface area (TPSA) is 76.3 Å². The maximum Gasteiger partial charge on any atom is 0.243 e. The normalized spacial score (nSPS) is 27.2. The first-order chi connectivity index (χ1) is 11.3. The van der Waals surface area contributed by atoms with Gasteiger partial charge in [-0.2, -0.15) is 4.31 Å². The van der Waals surface area contributed by atoms with E-state index in [9.17, 15) is 8.42 Å². The Morgan fingerprint density at radius 2 is 2.04 bits per heavy atom. The lowest BCUT2D eigenvalue weighted by molar-refractivity contribution is 0.133. The van der Waals surface area contributed by atoms with E-state index in [0.29, 0.717) is 17.4 Å². The second kappa shape index (κ2) is 6.43. The summed E-state index contributed by atoms with van der Waals surface area (Å²) in [6.45, 7) is 6.59. The molecule has 0 bridgehead atoms. The van der Waals surface area contributed by atoms with Crippen molar-refractivity contribution in [3.63, 3.8) is 0 Å². The first-order valence-electron chi connectivity index (χ1n) is 8.42. The number of hydrogen-bond donors (Lipinski definition) is 1. The zero-order chi connectivity index (χ0) is 17.5. The van der Waals surface area contributed by atoms with E-state index in [1.807, 2.05) is 19.9 Å². The van der Waals surface area contributed by atoms with Crippen molar-refractivity contribution in [3.8, 4) is 0 Å². The van der Waals surface area contributed by atoms with E-state index in [2.05, 4.69) is 11.9 Å². The van der Waals surface area contributed by atoms with Gasteiger partial charge in [0.05, 0.1) is 4.90 Å². The number of hydrogen-bond acceptors (Lipinski definition) is 4. The molecular formula is C18H25N3O2S. The van der Waals surface area contributed by atoms with Crippen molar-refractivity contribution >= 4 is 20.8 Å². The standard InChI is InChI=1S/C18H25N3O2S/c1-12-11-21(13(2)9-17(12)14(3)19)24(22,23)18-6-4-5-15-10-20-8-7-16(15)18/h4-8,10,12-14,17H,9,11,19H2,1-3H3. The highest BCUT2D eigenvalue weighted by Gasteiger charge is 2.39. The zero-order valence-corrected chi connectivity index (χ0v) is 15.2. The van der Waals surface area contributed by atoms with E-state index >= 15 is 0 Å². The van der Waals surface area contributed by atoms with Gasteiger partial charge in [-0.3, -0.25) is 4.98 Å². The Morgan fingerprint density at radius 3 is 2.75 bits per heavy atom. The van der Waals surface area contributed by atoms with E-state index in [4.69, 9.17) is 5.73 Å². The Bertz CT molecular complexity index is 830. The molecule has 5 nitrogen and oxygen atoms in total. The summed E-state index contributed by atoms with van der Waals surface area (Å²) in [5.74, 6) is 0.593. The van der Waals surface area contributed by atoms with Crippen molar-refractivity contribution in [2.24, 2.45) is 17.6 Å². The first-order valence-corrected chi connectivity index (χ1v) is 9.86. The second-order valence-electron chi connectivity index (χ2n) is 7.01. The molecule has 130 valence electrons. The fourth-order valence-corrected chi connectivity index (χ4v) is 5.81. The third-order valence-electron chi connectivity index (χ3n) is 5.21. The summed E-state index contributed by atoms with van der Waals surface area (Å²) < 4.78 is 28.3. The van der Waals surface area contributed by atoms with Crippen LogP contribution in [0.1, 0.15) is 27.2 Å². The minimum atomic E-state index is -3.56. The minimum Gasteiger partial charge on any atom is -0.328 e. The molecule has 0 spiro atoms. The third-order valence-corrected chi connectivity index (χ3v) is 7.24. The average Bonchev–Trinajstić information content (AvgIpc) is 2.55. The van der Waals surface area contributed by atoms with E-state index in [1.165, 1.54) is 0 Å². The SMILES string of the molecule is CC(N)C1CC(C)N(S(=O)(=O)c2cccc3cnccc23)CC1C. The summed E-state index contributed by atoms with van der Waals surface area (Å²) in [7, 11) is -3.56. The van der Waals surface area contributed by atoms with E-state index in [-0.39, 0.29) is 18.0 Å². The molecule has 1 aromatic heterocycles. The van der Waals surface area contributed by atoms with Gasteiger partial charge in [0, 0.05) is 41.8 Å². The lowest BCUT2D eigenvalue weighted by Crippen LogP contribution is -2.51. The van der Waals surface area contributed by atoms with Crippen LogP contribution >= 0.6 is 0 Å². The monoisotopic (exact) mass is 347 g/mol. The van der Waals surface area contributed by atoms with Crippen molar-refractivity contribution in [1.29, 1.82) is 0 Å². The lowest BCUT2D eigenvalue weighted by atomic mass is 9.80. The van der Waals surface area contributed by atoms with Crippen LogP contribution in [0.3, 0.4) is 0 Å². The van der Waals surface area contributed by atoms with Gasteiger partial charge in [0.15, 0.2) is 0 Å². The molecule has 1 aliphatic heterocycles. The van der Waals surface area contributed by atoms with Gasteiger partial charge in [-0.25, -0.2) is 8.42 Å². The quantitative estimate of drug-likeness (QED) is 0.926. The predicted octanol–water partition coefficient (Wildman–Crippen LogP) is 2.62. The van der Waals surface area contributed by atoms with Crippen LogP contribution in [0, 0.1) is 11.8 Å². The molecule has 1 saturated heterocycles. The smallest absolute Gasteiger partial charge is 0.243 e. The number of aromatic nitrogens is 1. The van der Waals surface area contributed by atoms with Crippen LogP contribution in [-0.2, 0) is 10.0 Å². The summed E-state index contributed by atoms with van der Waals surface area (Å²) in [5.41, 5.74) is 6.08. The van der Waals surface area contributed by atoms with Crippen molar-refractivity contribution in [2.45, 2.75) is 44.2 Å². The molecule has 1 fully saturated rings. The van der Waals surface area contributed by atoms with Gasteiger partial charge in [-0.05, 0) is 44.2 Å². The van der Waals surface area contributed by atoms with E-state index in [0.717, 1.165) is 17.2 Å². The summed E-state index contributed by atoms with van der Waals surface area (Å²) >= 11 is 0. The van der Waals surface area contributed by atoms with Crippen molar-refractivity contribution in [2.75, 3.05) is 6.54 Å². The van der Waals surface area contributed by atoms with Crippen molar-refractivity contribution in [1.82, 2.24) is 9.29 Å². The maximum absolute atomic E-state index is 13.3. The number of fused-ring (bicyclic) bond motifs is 1. The summed E-state index contributed by atoms with van der Waals surface area (Å²) in [5, 5.41) is 1.56. The van der Waals surface area contributed by atoms with Crippen molar-refractivity contribution < 1.29 is 8.42 Å². The van der Waals surface area contributed by atoms with E-state index < -0.39 is 10.0 Å². The molecule has 0 amide bonds. The Balaban J connectivity index is 2.01. The predicted molar refractivity (Wildman–Crippen MR) is 96.0 cm³/mol. The van der Waals surface area contributed by atoms with Crippen molar-refractivity contribution in [3.05, 3.63) is 36.7 Å². The second-order valence-corrected chi connectivity index (χ2v) is 8.87. The largest absolute Gasteiger partial charge is 0.328 e. The number of benzene rings is 1. The maximum atomic E-state index is 13.3. The molecule has 0 radical (unpaired) electrons. The average molecular weight is 347 g/mol. The zero-order valence-electron chi connectivity index (χ0n) is 14.4. The number of nitrogens with zero attached hydrogens (tertiary/aromatic N) is 2. The highest BCUT2D eigenvalue weighted by atomic mass is 32.2. The van der Waals surface area contributed by atoms with Gasteiger partial charge < -0.3 is 5.73 Å². The lowest BCUT2D eigenvalue weighted by Gasteiger charge is -2.42. The minimum absolute atomic E-state index is 0.0562. The molecule has 2 heterocycles.